The molecule has 2 bridgehead atoms. The molecule has 152 valence electrons. The first-order valence-corrected chi connectivity index (χ1v) is 9.46. The van der Waals surface area contributed by atoms with Crippen LogP contribution in [0.15, 0.2) is 35.5 Å². The minimum Gasteiger partial charge on any atom is -0.458 e. The van der Waals surface area contributed by atoms with E-state index < -0.39 is 36.0 Å². The van der Waals surface area contributed by atoms with Crippen LogP contribution in [0, 0.1) is 11.8 Å². The van der Waals surface area contributed by atoms with Crippen molar-refractivity contribution in [1.82, 2.24) is 4.90 Å². The highest BCUT2D eigenvalue weighted by molar-refractivity contribution is 5.91. The molecule has 3 aliphatic rings. The van der Waals surface area contributed by atoms with E-state index in [1.54, 1.807) is 13.0 Å². The topological polar surface area (TPSA) is 82.1 Å². The fourth-order valence-electron chi connectivity index (χ4n) is 4.06. The van der Waals surface area contributed by atoms with Gasteiger partial charge in [0.1, 0.15) is 18.3 Å². The van der Waals surface area contributed by atoms with Gasteiger partial charge < -0.3 is 19.1 Å². The molecule has 0 spiro atoms. The Kier molecular flexibility index (Phi) is 5.74. The molecule has 3 rings (SSSR count). The Bertz CT molecular complexity index is 765. The lowest BCUT2D eigenvalue weighted by molar-refractivity contribution is -0.149. The Morgan fingerprint density at radius 3 is 2.61 bits per heavy atom. The molecule has 28 heavy (non-hydrogen) atoms. The van der Waals surface area contributed by atoms with E-state index in [9.17, 15) is 14.4 Å². The zero-order chi connectivity index (χ0) is 20.6. The highest BCUT2D eigenvalue weighted by Gasteiger charge is 2.50. The summed E-state index contributed by atoms with van der Waals surface area (Å²) in [6.07, 6.45) is 2.85. The van der Waals surface area contributed by atoms with Gasteiger partial charge in [-0.2, -0.15) is 0 Å². The van der Waals surface area contributed by atoms with Gasteiger partial charge in [-0.25, -0.2) is 9.59 Å². The Hall–Kier alpha value is -2.41. The SMILES string of the molecule is C=C(C)C(=O)O[C@H]1CC2=C[C@@H](C/C(C)=C/[C@H]3OC(=O)[C@@H](CN(C)C)C13)OC2=O. The second-order valence-corrected chi connectivity index (χ2v) is 8.13. The molecule has 2 aliphatic heterocycles. The Labute approximate surface area is 165 Å². The fraction of sp³-hybridized carbons (Fsp3) is 0.571. The first kappa shape index (κ1) is 20.3. The lowest BCUT2D eigenvalue weighted by atomic mass is 9.81. The van der Waals surface area contributed by atoms with E-state index in [4.69, 9.17) is 14.2 Å². The third-order valence-electron chi connectivity index (χ3n) is 5.30. The van der Waals surface area contributed by atoms with E-state index in [0.29, 0.717) is 18.5 Å². The van der Waals surface area contributed by atoms with E-state index in [0.717, 1.165) is 5.57 Å². The summed E-state index contributed by atoms with van der Waals surface area (Å²) in [7, 11) is 3.75. The predicted octanol–water partition coefficient (Wildman–Crippen LogP) is 1.79. The zero-order valence-electron chi connectivity index (χ0n) is 16.8. The minimum atomic E-state index is -0.703. The third kappa shape index (κ3) is 4.19. The van der Waals surface area contributed by atoms with Gasteiger partial charge in [0, 0.05) is 30.5 Å². The molecule has 0 aromatic heterocycles. The predicted molar refractivity (Wildman–Crippen MR) is 101 cm³/mol. The number of nitrogens with zero attached hydrogens (tertiary/aromatic N) is 1. The maximum atomic E-state index is 12.6. The molecule has 7 heteroatoms. The van der Waals surface area contributed by atoms with Gasteiger partial charge in [0.2, 0.25) is 0 Å². The number of esters is 3. The van der Waals surface area contributed by atoms with Crippen LogP contribution >= 0.6 is 0 Å². The van der Waals surface area contributed by atoms with E-state index in [2.05, 4.69) is 6.58 Å². The second kappa shape index (κ2) is 7.91. The van der Waals surface area contributed by atoms with Gasteiger partial charge in [0.15, 0.2) is 0 Å². The number of fused-ring (bicyclic) bond motifs is 2. The van der Waals surface area contributed by atoms with Crippen LogP contribution in [0.2, 0.25) is 0 Å². The number of ether oxygens (including phenoxy) is 3. The Morgan fingerprint density at radius 2 is 1.96 bits per heavy atom. The van der Waals surface area contributed by atoms with Crippen LogP contribution in [0.5, 0.6) is 0 Å². The average molecular weight is 389 g/mol. The standard InChI is InChI=1S/C21H27NO6/c1-11(2)19(23)27-17-9-13-8-14(26-20(13)24)6-12(3)7-16-18(17)15(10-22(4)5)21(25)28-16/h7-8,14-18H,1,6,9-10H2,2-5H3/b12-7+/t14-,15+,16-,17+,18?/m1/s1. The number of carbonyl (C=O) groups excluding carboxylic acids is 3. The molecule has 1 fully saturated rings. The van der Waals surface area contributed by atoms with Gasteiger partial charge in [-0.15, -0.1) is 0 Å². The molecule has 2 heterocycles. The molecule has 0 amide bonds. The summed E-state index contributed by atoms with van der Waals surface area (Å²) in [4.78, 5) is 39.1. The third-order valence-corrected chi connectivity index (χ3v) is 5.30. The highest BCUT2D eigenvalue weighted by atomic mass is 16.6. The molecule has 0 aromatic rings. The van der Waals surface area contributed by atoms with Crippen molar-refractivity contribution in [2.75, 3.05) is 20.6 Å². The van der Waals surface area contributed by atoms with Crippen molar-refractivity contribution in [3.63, 3.8) is 0 Å². The molecular formula is C21H27NO6. The summed E-state index contributed by atoms with van der Waals surface area (Å²) in [5, 5.41) is 0. The molecule has 1 unspecified atom stereocenters. The number of hydrogen-bond donors (Lipinski definition) is 0. The molecule has 0 N–H and O–H groups in total. The fourth-order valence-corrected chi connectivity index (χ4v) is 4.06. The zero-order valence-corrected chi connectivity index (χ0v) is 16.8. The van der Waals surface area contributed by atoms with Crippen molar-refractivity contribution in [1.29, 1.82) is 0 Å². The molecule has 7 nitrogen and oxygen atoms in total. The van der Waals surface area contributed by atoms with Gasteiger partial charge >= 0.3 is 17.9 Å². The van der Waals surface area contributed by atoms with Crippen molar-refractivity contribution in [2.24, 2.45) is 11.8 Å². The lowest BCUT2D eigenvalue weighted by Crippen LogP contribution is -2.40. The van der Waals surface area contributed by atoms with Gasteiger partial charge in [-0.05, 0) is 40.1 Å². The van der Waals surface area contributed by atoms with Crippen LogP contribution in [0.3, 0.4) is 0 Å². The maximum Gasteiger partial charge on any atom is 0.334 e. The molecule has 0 aromatic carbocycles. The lowest BCUT2D eigenvalue weighted by Gasteiger charge is -2.30. The van der Waals surface area contributed by atoms with Crippen molar-refractivity contribution in [2.45, 2.75) is 45.0 Å². The van der Waals surface area contributed by atoms with Crippen LogP contribution < -0.4 is 0 Å². The largest absolute Gasteiger partial charge is 0.458 e. The summed E-state index contributed by atoms with van der Waals surface area (Å²) in [6, 6.07) is 0. The highest BCUT2D eigenvalue weighted by Crippen LogP contribution is 2.39. The van der Waals surface area contributed by atoms with Crippen LogP contribution in [0.25, 0.3) is 0 Å². The van der Waals surface area contributed by atoms with Gasteiger partial charge in [0.05, 0.1) is 11.8 Å². The van der Waals surface area contributed by atoms with Crippen LogP contribution in [0.4, 0.5) is 0 Å². The van der Waals surface area contributed by atoms with Crippen molar-refractivity contribution in [3.05, 3.63) is 35.5 Å². The molecule has 1 aliphatic carbocycles. The average Bonchev–Trinajstić information content (AvgIpc) is 3.05. The number of carbonyl (C=O) groups is 3. The Morgan fingerprint density at radius 1 is 1.25 bits per heavy atom. The van der Waals surface area contributed by atoms with Crippen LogP contribution in [-0.2, 0) is 28.6 Å². The van der Waals surface area contributed by atoms with E-state index >= 15 is 0 Å². The number of rotatable bonds is 4. The number of hydrogen-bond acceptors (Lipinski definition) is 7. The summed E-state index contributed by atoms with van der Waals surface area (Å²) in [5.41, 5.74) is 1.69. The maximum absolute atomic E-state index is 12.6. The summed E-state index contributed by atoms with van der Waals surface area (Å²) < 4.78 is 16.8. The summed E-state index contributed by atoms with van der Waals surface area (Å²) in [5.74, 6) is -2.14. The first-order valence-electron chi connectivity index (χ1n) is 9.46. The molecular weight excluding hydrogens is 362 g/mol. The quantitative estimate of drug-likeness (QED) is 0.314. The Balaban J connectivity index is 2.02. The van der Waals surface area contributed by atoms with Crippen molar-refractivity contribution in [3.8, 4) is 0 Å². The smallest absolute Gasteiger partial charge is 0.334 e. The van der Waals surface area contributed by atoms with Crippen molar-refractivity contribution >= 4 is 17.9 Å². The normalized spacial score (nSPS) is 34.0. The van der Waals surface area contributed by atoms with E-state index in [1.165, 1.54) is 0 Å². The van der Waals surface area contributed by atoms with Gasteiger partial charge in [-0.1, -0.05) is 12.2 Å². The van der Waals surface area contributed by atoms with Crippen LogP contribution in [0.1, 0.15) is 26.7 Å². The summed E-state index contributed by atoms with van der Waals surface area (Å²) >= 11 is 0. The summed E-state index contributed by atoms with van der Waals surface area (Å²) in [6.45, 7) is 7.58. The van der Waals surface area contributed by atoms with Crippen molar-refractivity contribution < 1.29 is 28.6 Å². The molecule has 5 atom stereocenters. The molecule has 1 saturated heterocycles. The minimum absolute atomic E-state index is 0.184. The van der Waals surface area contributed by atoms with E-state index in [1.807, 2.05) is 32.0 Å². The second-order valence-electron chi connectivity index (χ2n) is 8.13. The van der Waals surface area contributed by atoms with Gasteiger partial charge in [0.25, 0.3) is 0 Å². The van der Waals surface area contributed by atoms with E-state index in [-0.39, 0.29) is 24.1 Å². The monoisotopic (exact) mass is 389 g/mol. The molecule has 0 radical (unpaired) electrons. The first-order chi connectivity index (χ1) is 13.2. The van der Waals surface area contributed by atoms with Crippen LogP contribution in [-0.4, -0.2) is 61.8 Å². The van der Waals surface area contributed by atoms with Gasteiger partial charge in [-0.3, -0.25) is 4.79 Å². The molecule has 0 saturated carbocycles.